The van der Waals surface area contributed by atoms with Gasteiger partial charge in [0.1, 0.15) is 0 Å². The molecule has 0 aliphatic heterocycles. The predicted molar refractivity (Wildman–Crippen MR) is 127 cm³/mol. The average molecular weight is 478 g/mol. The van der Waals surface area contributed by atoms with Gasteiger partial charge in [-0.1, -0.05) is 0 Å². The van der Waals surface area contributed by atoms with Gasteiger partial charge < -0.3 is 6.15 Å². The van der Waals surface area contributed by atoms with Gasteiger partial charge in [0.05, 0.1) is 0 Å². The van der Waals surface area contributed by atoms with Gasteiger partial charge in [0.25, 0.3) is 0 Å². The Balaban J connectivity index is 0.00000363. The van der Waals surface area contributed by atoms with E-state index < -0.39 is 0 Å². The maximum absolute atomic E-state index is 4.39. The average Bonchev–Trinajstić information content (AvgIpc) is 2.83. The van der Waals surface area contributed by atoms with Gasteiger partial charge >= 0.3 is 190 Å². The molecule has 0 radical (unpaired) electrons. The third kappa shape index (κ3) is 10.9. The third-order valence-corrected chi connectivity index (χ3v) is 7.81. The van der Waals surface area contributed by atoms with Crippen LogP contribution < -0.4 is 22.1 Å². The first-order chi connectivity index (χ1) is 15.4. The zero-order chi connectivity index (χ0) is 21.4. The van der Waals surface area contributed by atoms with Crippen LogP contribution in [0.4, 0.5) is 0 Å². The zero-order valence-corrected chi connectivity index (χ0v) is 19.8. The molecule has 6 N–H and O–H groups in total. The van der Waals surface area contributed by atoms with E-state index in [1.54, 1.807) is 0 Å². The predicted octanol–water partition coefficient (Wildman–Crippen LogP) is 3.58. The molecule has 0 saturated heterocycles. The van der Waals surface area contributed by atoms with Gasteiger partial charge in [-0.05, 0) is 0 Å². The fourth-order valence-electron chi connectivity index (χ4n) is 2.99. The quantitative estimate of drug-likeness (QED) is 0.195. The van der Waals surface area contributed by atoms with Crippen molar-refractivity contribution in [2.24, 2.45) is 0 Å². The Hall–Kier alpha value is -2.19. The first-order valence-corrected chi connectivity index (χ1v) is 13.1. The van der Waals surface area contributed by atoms with E-state index >= 15 is 0 Å². The van der Waals surface area contributed by atoms with Gasteiger partial charge in [-0.2, -0.15) is 0 Å². The second-order valence-corrected chi connectivity index (χ2v) is 10.4. The summed E-state index contributed by atoms with van der Waals surface area (Å²) in [6.07, 6.45) is 5.56. The number of aromatic nitrogens is 3. The summed E-state index contributed by atoms with van der Waals surface area (Å²) >= 11 is -0.253. The Bertz CT molecular complexity index is 709. The molecule has 0 amide bonds. The Morgan fingerprint density at radius 3 is 1.16 bits per heavy atom. The van der Waals surface area contributed by atoms with Crippen molar-refractivity contribution in [1.29, 1.82) is 0 Å². The van der Waals surface area contributed by atoms with Crippen LogP contribution in [-0.4, -0.2) is 34.6 Å². The van der Waals surface area contributed by atoms with E-state index in [9.17, 15) is 0 Å². The standard InChI is InChI=1S/3C8H11N2.Fe.H3N/c3*1-2-9-7-8-5-3-4-6-10-8;;/h3*3-6,9H,1-2,7H2;;1H3. The molecule has 0 unspecified atom stereocenters. The molecule has 3 aromatic rings. The molecule has 0 aliphatic rings. The molecular formula is C24H36FeN7. The van der Waals surface area contributed by atoms with Crippen molar-refractivity contribution < 1.29 is 13.9 Å². The van der Waals surface area contributed by atoms with Gasteiger partial charge in [-0.25, -0.2) is 0 Å². The Kier molecular flexibility index (Phi) is 13.4. The van der Waals surface area contributed by atoms with Crippen molar-refractivity contribution in [3.05, 3.63) is 90.3 Å². The summed E-state index contributed by atoms with van der Waals surface area (Å²) in [5.41, 5.74) is 3.30. The molecule has 0 aliphatic carbocycles. The maximum atomic E-state index is 4.39. The molecule has 8 heteroatoms. The van der Waals surface area contributed by atoms with Crippen molar-refractivity contribution >= 4 is 0 Å². The first kappa shape index (κ1) is 26.1. The minimum atomic E-state index is -0.253. The molecule has 0 saturated carbocycles. The van der Waals surface area contributed by atoms with Crippen LogP contribution in [0.15, 0.2) is 73.2 Å². The van der Waals surface area contributed by atoms with Gasteiger partial charge in [0.2, 0.25) is 0 Å². The molecule has 0 fully saturated rings. The molecule has 0 spiro atoms. The topological polar surface area (TPSA) is 110 Å². The molecule has 175 valence electrons. The van der Waals surface area contributed by atoms with Gasteiger partial charge in [0.15, 0.2) is 0 Å². The van der Waals surface area contributed by atoms with E-state index in [-0.39, 0.29) is 20.1 Å². The van der Waals surface area contributed by atoms with E-state index in [1.807, 2.05) is 55.0 Å². The minimum absolute atomic E-state index is 0. The Morgan fingerprint density at radius 1 is 0.531 bits per heavy atom. The van der Waals surface area contributed by atoms with Crippen LogP contribution in [0.5, 0.6) is 0 Å². The monoisotopic (exact) mass is 478 g/mol. The van der Waals surface area contributed by atoms with Crippen molar-refractivity contribution in [1.82, 2.24) is 37.1 Å². The van der Waals surface area contributed by atoms with Gasteiger partial charge in [-0.3, -0.25) is 0 Å². The van der Waals surface area contributed by atoms with Crippen LogP contribution >= 0.6 is 0 Å². The van der Waals surface area contributed by atoms with Crippen LogP contribution in [0.3, 0.4) is 0 Å². The summed E-state index contributed by atoms with van der Waals surface area (Å²) < 4.78 is 0. The van der Waals surface area contributed by atoms with Crippen molar-refractivity contribution in [3.63, 3.8) is 0 Å². The van der Waals surface area contributed by atoms with Crippen LogP contribution in [-0.2, 0) is 33.5 Å². The summed E-state index contributed by atoms with van der Waals surface area (Å²) in [5, 5.41) is 14.4. The molecule has 7 nitrogen and oxygen atoms in total. The summed E-state index contributed by atoms with van der Waals surface area (Å²) in [6.45, 7) is 5.62. The van der Waals surface area contributed by atoms with Crippen molar-refractivity contribution in [3.8, 4) is 0 Å². The van der Waals surface area contributed by atoms with Crippen LogP contribution in [0.2, 0.25) is 16.0 Å². The fourth-order valence-corrected chi connectivity index (χ4v) is 5.57. The number of pyridine rings is 3. The Labute approximate surface area is 196 Å². The number of rotatable bonds is 15. The molecule has 0 aromatic carbocycles. The molecule has 3 rings (SSSR count). The van der Waals surface area contributed by atoms with E-state index in [4.69, 9.17) is 0 Å². The summed E-state index contributed by atoms with van der Waals surface area (Å²) in [4.78, 5) is 13.2. The molecule has 0 bridgehead atoms. The van der Waals surface area contributed by atoms with E-state index in [2.05, 4.69) is 49.1 Å². The van der Waals surface area contributed by atoms with E-state index in [0.717, 1.165) is 56.4 Å². The normalized spacial score (nSPS) is 11.1. The first-order valence-electron chi connectivity index (χ1n) is 10.7. The zero-order valence-electron chi connectivity index (χ0n) is 18.7. The van der Waals surface area contributed by atoms with Gasteiger partial charge in [0, 0.05) is 0 Å². The second kappa shape index (κ2) is 16.4. The molecule has 3 aromatic heterocycles. The molecule has 32 heavy (non-hydrogen) atoms. The van der Waals surface area contributed by atoms with Crippen LogP contribution in [0.1, 0.15) is 17.1 Å². The number of hydrogen-bond donors (Lipinski definition) is 4. The summed E-state index contributed by atoms with van der Waals surface area (Å²) in [5.74, 6) is 0. The van der Waals surface area contributed by atoms with Crippen LogP contribution in [0.25, 0.3) is 0 Å². The van der Waals surface area contributed by atoms with Crippen LogP contribution in [0, 0.1) is 0 Å². The van der Waals surface area contributed by atoms with Crippen molar-refractivity contribution in [2.75, 3.05) is 19.6 Å². The van der Waals surface area contributed by atoms with E-state index in [0.29, 0.717) is 0 Å². The second-order valence-electron chi connectivity index (χ2n) is 7.05. The number of nitrogens with zero attached hydrogens (tertiary/aromatic N) is 3. The number of hydrogen-bond acceptors (Lipinski definition) is 7. The van der Waals surface area contributed by atoms with Gasteiger partial charge in [-0.15, -0.1) is 0 Å². The van der Waals surface area contributed by atoms with E-state index in [1.165, 1.54) is 16.0 Å². The summed E-state index contributed by atoms with van der Waals surface area (Å²) in [6, 6.07) is 18.2. The molecule has 0 atom stereocenters. The third-order valence-electron chi connectivity index (χ3n) is 4.64. The molecular weight excluding hydrogens is 442 g/mol. The summed E-state index contributed by atoms with van der Waals surface area (Å²) in [7, 11) is 0. The molecule has 3 heterocycles. The fraction of sp³-hybridized carbons (Fsp3) is 0.375. The SMILES string of the molecule is N.c1ccc(CNC[CH2][Fe]([CH2]CNCc2ccccn2)[CH2]CNCc2ccccn2)nc1. The number of nitrogens with one attached hydrogen (secondary N) is 3. The van der Waals surface area contributed by atoms with Crippen molar-refractivity contribution in [2.45, 2.75) is 35.6 Å². The Morgan fingerprint density at radius 2 is 0.875 bits per heavy atom.